The molecular weight excluding hydrogens is 204 g/mol. The molecule has 0 radical (unpaired) electrons. The number of piperidine rings is 1. The van der Waals surface area contributed by atoms with Crippen LogP contribution < -0.4 is 5.32 Å². The molecule has 0 spiro atoms. The van der Waals surface area contributed by atoms with Crippen LogP contribution in [0.25, 0.3) is 0 Å². The maximum absolute atomic E-state index is 11.3. The second-order valence-electron chi connectivity index (χ2n) is 4.39. The van der Waals surface area contributed by atoms with Crippen LogP contribution in [0.4, 0.5) is 0 Å². The molecule has 0 saturated carbocycles. The molecule has 1 fully saturated rings. The lowest BCUT2D eigenvalue weighted by Gasteiger charge is -2.32. The average molecular weight is 228 g/mol. The van der Waals surface area contributed by atoms with Crippen LogP contribution in [0.2, 0.25) is 0 Å². The first-order chi connectivity index (χ1) is 7.74. The zero-order valence-corrected chi connectivity index (χ0v) is 10.5. The van der Waals surface area contributed by atoms with E-state index in [-0.39, 0.29) is 12.5 Å². The summed E-state index contributed by atoms with van der Waals surface area (Å²) in [6.07, 6.45) is 3.92. The quantitative estimate of drug-likeness (QED) is 0.738. The third-order valence-electron chi connectivity index (χ3n) is 3.05. The van der Waals surface area contributed by atoms with E-state index in [4.69, 9.17) is 4.74 Å². The van der Waals surface area contributed by atoms with E-state index in [1.807, 2.05) is 6.92 Å². The molecule has 0 aromatic rings. The SMILES string of the molecule is CCOCC(=O)NCC(C)N1CCCCC1. The Hall–Kier alpha value is -0.610. The van der Waals surface area contributed by atoms with Gasteiger partial charge in [0.2, 0.25) is 5.91 Å². The van der Waals surface area contributed by atoms with Gasteiger partial charge in [0.25, 0.3) is 0 Å². The Morgan fingerprint density at radius 2 is 2.06 bits per heavy atom. The second-order valence-corrected chi connectivity index (χ2v) is 4.39. The number of hydrogen-bond donors (Lipinski definition) is 1. The maximum atomic E-state index is 11.3. The number of likely N-dealkylation sites (tertiary alicyclic amines) is 1. The van der Waals surface area contributed by atoms with Crippen LogP contribution in [-0.4, -0.2) is 49.7 Å². The maximum Gasteiger partial charge on any atom is 0.246 e. The molecule has 0 aromatic carbocycles. The number of carbonyl (C=O) groups is 1. The van der Waals surface area contributed by atoms with Crippen molar-refractivity contribution < 1.29 is 9.53 Å². The molecule has 1 aliphatic heterocycles. The summed E-state index contributed by atoms with van der Waals surface area (Å²) in [6.45, 7) is 7.91. The summed E-state index contributed by atoms with van der Waals surface area (Å²) in [7, 11) is 0. The molecule has 1 rings (SSSR count). The van der Waals surface area contributed by atoms with Crippen molar-refractivity contribution in [2.45, 2.75) is 39.2 Å². The van der Waals surface area contributed by atoms with Gasteiger partial charge in [0.1, 0.15) is 6.61 Å². The number of nitrogens with one attached hydrogen (secondary N) is 1. The molecule has 1 N–H and O–H groups in total. The van der Waals surface area contributed by atoms with E-state index in [9.17, 15) is 4.79 Å². The van der Waals surface area contributed by atoms with Gasteiger partial charge < -0.3 is 10.1 Å². The van der Waals surface area contributed by atoms with Gasteiger partial charge in [0, 0.05) is 19.2 Å². The van der Waals surface area contributed by atoms with Gasteiger partial charge in [-0.15, -0.1) is 0 Å². The Kier molecular flexibility index (Phi) is 6.42. The topological polar surface area (TPSA) is 41.6 Å². The lowest BCUT2D eigenvalue weighted by molar-refractivity contribution is -0.125. The number of carbonyl (C=O) groups excluding carboxylic acids is 1. The Morgan fingerprint density at radius 3 is 2.69 bits per heavy atom. The van der Waals surface area contributed by atoms with Crippen LogP contribution in [0.5, 0.6) is 0 Å². The first-order valence-electron chi connectivity index (χ1n) is 6.32. The molecule has 1 saturated heterocycles. The Bertz CT molecular complexity index is 203. The van der Waals surface area contributed by atoms with Crippen molar-refractivity contribution in [2.75, 3.05) is 32.8 Å². The fourth-order valence-electron chi connectivity index (χ4n) is 2.00. The lowest BCUT2D eigenvalue weighted by atomic mass is 10.1. The van der Waals surface area contributed by atoms with E-state index in [0.29, 0.717) is 12.6 Å². The molecule has 4 nitrogen and oxygen atoms in total. The molecule has 1 amide bonds. The first kappa shape index (κ1) is 13.5. The van der Waals surface area contributed by atoms with Crippen LogP contribution in [0.1, 0.15) is 33.1 Å². The predicted molar refractivity (Wildman–Crippen MR) is 64.4 cm³/mol. The summed E-state index contributed by atoms with van der Waals surface area (Å²) >= 11 is 0. The van der Waals surface area contributed by atoms with Crippen molar-refractivity contribution in [2.24, 2.45) is 0 Å². The van der Waals surface area contributed by atoms with E-state index in [1.165, 1.54) is 32.4 Å². The van der Waals surface area contributed by atoms with Crippen molar-refractivity contribution >= 4 is 5.91 Å². The molecule has 16 heavy (non-hydrogen) atoms. The Morgan fingerprint density at radius 1 is 1.38 bits per heavy atom. The van der Waals surface area contributed by atoms with Gasteiger partial charge in [0.05, 0.1) is 0 Å². The molecule has 0 aliphatic carbocycles. The minimum Gasteiger partial charge on any atom is -0.372 e. The lowest BCUT2D eigenvalue weighted by Crippen LogP contribution is -2.45. The molecule has 1 heterocycles. The van der Waals surface area contributed by atoms with Crippen molar-refractivity contribution in [1.82, 2.24) is 10.2 Å². The van der Waals surface area contributed by atoms with Crippen molar-refractivity contribution in [3.8, 4) is 0 Å². The van der Waals surface area contributed by atoms with E-state index >= 15 is 0 Å². The third-order valence-corrected chi connectivity index (χ3v) is 3.05. The van der Waals surface area contributed by atoms with Gasteiger partial charge in [-0.25, -0.2) is 0 Å². The van der Waals surface area contributed by atoms with Crippen molar-refractivity contribution in [3.63, 3.8) is 0 Å². The highest BCUT2D eigenvalue weighted by Gasteiger charge is 2.16. The van der Waals surface area contributed by atoms with Gasteiger partial charge in [-0.1, -0.05) is 6.42 Å². The molecule has 1 aliphatic rings. The summed E-state index contributed by atoms with van der Waals surface area (Å²) in [5, 5.41) is 2.91. The molecule has 0 aromatic heterocycles. The highest BCUT2D eigenvalue weighted by molar-refractivity contribution is 5.77. The Balaban J connectivity index is 2.13. The molecular formula is C12H24N2O2. The molecule has 1 unspecified atom stereocenters. The zero-order valence-electron chi connectivity index (χ0n) is 10.5. The number of nitrogens with zero attached hydrogens (tertiary/aromatic N) is 1. The monoisotopic (exact) mass is 228 g/mol. The van der Waals surface area contributed by atoms with Crippen LogP contribution in [0.15, 0.2) is 0 Å². The summed E-state index contributed by atoms with van der Waals surface area (Å²) in [6, 6.07) is 0.436. The van der Waals surface area contributed by atoms with Crippen molar-refractivity contribution in [1.29, 1.82) is 0 Å². The normalized spacial score (nSPS) is 19.4. The third kappa shape index (κ3) is 4.94. The van der Waals surface area contributed by atoms with E-state index in [0.717, 1.165) is 6.54 Å². The van der Waals surface area contributed by atoms with Crippen LogP contribution in [-0.2, 0) is 9.53 Å². The average Bonchev–Trinajstić information content (AvgIpc) is 2.34. The number of amides is 1. The van der Waals surface area contributed by atoms with Crippen molar-refractivity contribution in [3.05, 3.63) is 0 Å². The summed E-state index contributed by atoms with van der Waals surface area (Å²) < 4.78 is 5.05. The van der Waals surface area contributed by atoms with Gasteiger partial charge in [-0.3, -0.25) is 9.69 Å². The molecule has 94 valence electrons. The number of rotatable bonds is 6. The standard InChI is InChI=1S/C12H24N2O2/c1-3-16-10-12(15)13-9-11(2)14-7-5-4-6-8-14/h11H,3-10H2,1-2H3,(H,13,15). The van der Waals surface area contributed by atoms with E-state index in [1.54, 1.807) is 0 Å². The first-order valence-corrected chi connectivity index (χ1v) is 6.32. The van der Waals surface area contributed by atoms with Gasteiger partial charge in [0.15, 0.2) is 0 Å². The smallest absolute Gasteiger partial charge is 0.246 e. The van der Waals surface area contributed by atoms with Crippen LogP contribution >= 0.6 is 0 Å². The fraction of sp³-hybridized carbons (Fsp3) is 0.917. The minimum absolute atomic E-state index is 0.00860. The van der Waals surface area contributed by atoms with Crippen LogP contribution in [0.3, 0.4) is 0 Å². The summed E-state index contributed by atoms with van der Waals surface area (Å²) in [5.74, 6) is -0.00860. The fourth-order valence-corrected chi connectivity index (χ4v) is 2.00. The van der Waals surface area contributed by atoms with Gasteiger partial charge in [-0.2, -0.15) is 0 Å². The number of ether oxygens (including phenoxy) is 1. The van der Waals surface area contributed by atoms with E-state index in [2.05, 4.69) is 17.1 Å². The predicted octanol–water partition coefficient (Wildman–Crippen LogP) is 1.01. The van der Waals surface area contributed by atoms with Crippen LogP contribution in [0, 0.1) is 0 Å². The van der Waals surface area contributed by atoms with Gasteiger partial charge in [-0.05, 0) is 39.8 Å². The van der Waals surface area contributed by atoms with Gasteiger partial charge >= 0.3 is 0 Å². The Labute approximate surface area is 98.3 Å². The second kappa shape index (κ2) is 7.63. The molecule has 4 heteroatoms. The number of hydrogen-bond acceptors (Lipinski definition) is 3. The molecule has 1 atom stereocenters. The van der Waals surface area contributed by atoms with E-state index < -0.39 is 0 Å². The zero-order chi connectivity index (χ0) is 11.8. The highest BCUT2D eigenvalue weighted by atomic mass is 16.5. The molecule has 0 bridgehead atoms. The largest absolute Gasteiger partial charge is 0.372 e. The highest BCUT2D eigenvalue weighted by Crippen LogP contribution is 2.11. The minimum atomic E-state index is -0.00860. The summed E-state index contributed by atoms with van der Waals surface area (Å²) in [4.78, 5) is 13.8. The summed E-state index contributed by atoms with van der Waals surface area (Å²) in [5.41, 5.74) is 0.